The van der Waals surface area contributed by atoms with Gasteiger partial charge in [-0.05, 0) is 31.0 Å². The Bertz CT molecular complexity index is 312. The standard InChI is InChI=1S/C11H14N2/c1-3-4-5-11(12)10-6-7-13-9(2)8-10/h1,6-8,11H,4-5,12H2,2H3. The first-order valence-electron chi connectivity index (χ1n) is 4.35. The van der Waals surface area contributed by atoms with Crippen molar-refractivity contribution in [2.45, 2.75) is 25.8 Å². The summed E-state index contributed by atoms with van der Waals surface area (Å²) in [6.07, 6.45) is 8.50. The van der Waals surface area contributed by atoms with E-state index in [1.54, 1.807) is 6.20 Å². The van der Waals surface area contributed by atoms with Crippen LogP contribution in [-0.4, -0.2) is 4.98 Å². The molecule has 13 heavy (non-hydrogen) atoms. The molecule has 2 heteroatoms. The van der Waals surface area contributed by atoms with Gasteiger partial charge in [-0.15, -0.1) is 12.3 Å². The van der Waals surface area contributed by atoms with Gasteiger partial charge in [0.15, 0.2) is 0 Å². The molecule has 2 nitrogen and oxygen atoms in total. The molecule has 1 aromatic heterocycles. The van der Waals surface area contributed by atoms with Crippen LogP contribution >= 0.6 is 0 Å². The number of aromatic nitrogens is 1. The first-order valence-corrected chi connectivity index (χ1v) is 4.35. The van der Waals surface area contributed by atoms with Crippen molar-refractivity contribution in [3.05, 3.63) is 29.6 Å². The van der Waals surface area contributed by atoms with Crippen LogP contribution in [0.2, 0.25) is 0 Å². The summed E-state index contributed by atoms with van der Waals surface area (Å²) in [4.78, 5) is 4.11. The first kappa shape index (κ1) is 9.76. The van der Waals surface area contributed by atoms with Crippen LogP contribution in [0.5, 0.6) is 0 Å². The van der Waals surface area contributed by atoms with E-state index < -0.39 is 0 Å². The highest BCUT2D eigenvalue weighted by atomic mass is 14.7. The van der Waals surface area contributed by atoms with Gasteiger partial charge in [0, 0.05) is 24.4 Å². The fraction of sp³-hybridized carbons (Fsp3) is 0.364. The molecule has 68 valence electrons. The number of aryl methyl sites for hydroxylation is 1. The van der Waals surface area contributed by atoms with Crippen LogP contribution in [0.1, 0.15) is 30.1 Å². The maximum absolute atomic E-state index is 5.93. The predicted molar refractivity (Wildman–Crippen MR) is 54.0 cm³/mol. The second kappa shape index (κ2) is 4.64. The molecule has 1 heterocycles. The first-order chi connectivity index (χ1) is 6.24. The maximum atomic E-state index is 5.93. The molecule has 0 fully saturated rings. The summed E-state index contributed by atoms with van der Waals surface area (Å²) < 4.78 is 0. The van der Waals surface area contributed by atoms with Crippen molar-refractivity contribution in [3.63, 3.8) is 0 Å². The molecule has 1 aromatic rings. The molecule has 0 saturated carbocycles. The van der Waals surface area contributed by atoms with E-state index in [4.69, 9.17) is 12.2 Å². The molecule has 0 aliphatic heterocycles. The van der Waals surface area contributed by atoms with Gasteiger partial charge < -0.3 is 5.73 Å². The van der Waals surface area contributed by atoms with Crippen LogP contribution in [0.3, 0.4) is 0 Å². The van der Waals surface area contributed by atoms with E-state index in [9.17, 15) is 0 Å². The summed E-state index contributed by atoms with van der Waals surface area (Å²) in [7, 11) is 0. The second-order valence-electron chi connectivity index (χ2n) is 3.08. The molecule has 0 aliphatic rings. The number of terminal acetylenes is 1. The lowest BCUT2D eigenvalue weighted by Crippen LogP contribution is -2.10. The van der Waals surface area contributed by atoms with E-state index in [2.05, 4.69) is 10.9 Å². The van der Waals surface area contributed by atoms with E-state index in [1.165, 1.54) is 0 Å². The Kier molecular flexibility index (Phi) is 3.48. The van der Waals surface area contributed by atoms with E-state index in [0.717, 1.165) is 24.1 Å². The van der Waals surface area contributed by atoms with Gasteiger partial charge >= 0.3 is 0 Å². The van der Waals surface area contributed by atoms with Gasteiger partial charge in [0.25, 0.3) is 0 Å². The lowest BCUT2D eigenvalue weighted by Gasteiger charge is -2.09. The molecular formula is C11H14N2. The number of nitrogens with two attached hydrogens (primary N) is 1. The Hall–Kier alpha value is -1.33. The highest BCUT2D eigenvalue weighted by Gasteiger charge is 2.04. The predicted octanol–water partition coefficient (Wildman–Crippen LogP) is 1.80. The van der Waals surface area contributed by atoms with E-state index in [1.807, 2.05) is 19.1 Å². The highest BCUT2D eigenvalue weighted by Crippen LogP contribution is 2.15. The second-order valence-corrected chi connectivity index (χ2v) is 3.08. The topological polar surface area (TPSA) is 38.9 Å². The van der Waals surface area contributed by atoms with Crippen molar-refractivity contribution in [2.24, 2.45) is 5.73 Å². The minimum atomic E-state index is 0.0396. The molecule has 0 saturated heterocycles. The number of nitrogens with zero attached hydrogens (tertiary/aromatic N) is 1. The van der Waals surface area contributed by atoms with Crippen LogP contribution in [-0.2, 0) is 0 Å². The largest absolute Gasteiger partial charge is 0.324 e. The minimum Gasteiger partial charge on any atom is -0.324 e. The van der Waals surface area contributed by atoms with Crippen LogP contribution < -0.4 is 5.73 Å². The fourth-order valence-electron chi connectivity index (χ4n) is 1.20. The number of pyridine rings is 1. The van der Waals surface area contributed by atoms with Crippen LogP contribution in [0.15, 0.2) is 18.3 Å². The summed E-state index contributed by atoms with van der Waals surface area (Å²) in [6.45, 7) is 1.96. The molecule has 0 aromatic carbocycles. The van der Waals surface area contributed by atoms with E-state index >= 15 is 0 Å². The highest BCUT2D eigenvalue weighted by molar-refractivity contribution is 5.19. The fourth-order valence-corrected chi connectivity index (χ4v) is 1.20. The summed E-state index contributed by atoms with van der Waals surface area (Å²) in [5.74, 6) is 2.59. The van der Waals surface area contributed by atoms with Crippen molar-refractivity contribution < 1.29 is 0 Å². The quantitative estimate of drug-likeness (QED) is 0.710. The smallest absolute Gasteiger partial charge is 0.0375 e. The average Bonchev–Trinajstić information content (AvgIpc) is 2.14. The monoisotopic (exact) mass is 174 g/mol. The lowest BCUT2D eigenvalue weighted by atomic mass is 10.0. The van der Waals surface area contributed by atoms with Gasteiger partial charge in [0.1, 0.15) is 0 Å². The molecule has 0 amide bonds. The van der Waals surface area contributed by atoms with Crippen molar-refractivity contribution in [2.75, 3.05) is 0 Å². The maximum Gasteiger partial charge on any atom is 0.0375 e. The minimum absolute atomic E-state index is 0.0396. The Morgan fingerprint density at radius 1 is 1.69 bits per heavy atom. The Morgan fingerprint density at radius 2 is 2.46 bits per heavy atom. The average molecular weight is 174 g/mol. The third kappa shape index (κ3) is 2.89. The van der Waals surface area contributed by atoms with Gasteiger partial charge in [-0.3, -0.25) is 4.98 Å². The summed E-state index contributed by atoms with van der Waals surface area (Å²) in [5.41, 5.74) is 8.03. The van der Waals surface area contributed by atoms with Gasteiger partial charge in [-0.25, -0.2) is 0 Å². The Labute approximate surface area is 79.2 Å². The molecular weight excluding hydrogens is 160 g/mol. The van der Waals surface area contributed by atoms with Crippen molar-refractivity contribution in [3.8, 4) is 12.3 Å². The Balaban J connectivity index is 2.66. The number of rotatable bonds is 3. The molecule has 1 unspecified atom stereocenters. The molecule has 0 bridgehead atoms. The third-order valence-electron chi connectivity index (χ3n) is 1.95. The molecule has 0 aliphatic carbocycles. The van der Waals surface area contributed by atoms with Crippen molar-refractivity contribution >= 4 is 0 Å². The lowest BCUT2D eigenvalue weighted by molar-refractivity contribution is 0.666. The molecule has 1 atom stereocenters. The van der Waals surface area contributed by atoms with Gasteiger partial charge in [-0.1, -0.05) is 0 Å². The third-order valence-corrected chi connectivity index (χ3v) is 1.95. The summed E-state index contributed by atoms with van der Waals surface area (Å²) in [5, 5.41) is 0. The molecule has 1 rings (SSSR count). The SMILES string of the molecule is C#CCCC(N)c1ccnc(C)c1. The van der Waals surface area contributed by atoms with Crippen molar-refractivity contribution in [1.29, 1.82) is 0 Å². The molecule has 0 spiro atoms. The molecule has 0 radical (unpaired) electrons. The zero-order valence-electron chi connectivity index (χ0n) is 7.83. The van der Waals surface area contributed by atoms with Crippen LogP contribution in [0.4, 0.5) is 0 Å². The van der Waals surface area contributed by atoms with Crippen LogP contribution in [0.25, 0.3) is 0 Å². The van der Waals surface area contributed by atoms with Gasteiger partial charge in [0.05, 0.1) is 0 Å². The zero-order valence-corrected chi connectivity index (χ0v) is 7.83. The van der Waals surface area contributed by atoms with Gasteiger partial charge in [-0.2, -0.15) is 0 Å². The van der Waals surface area contributed by atoms with Gasteiger partial charge in [0.2, 0.25) is 0 Å². The zero-order chi connectivity index (χ0) is 9.68. The summed E-state index contributed by atoms with van der Waals surface area (Å²) >= 11 is 0. The number of hydrogen-bond acceptors (Lipinski definition) is 2. The van der Waals surface area contributed by atoms with Crippen molar-refractivity contribution in [1.82, 2.24) is 4.98 Å². The van der Waals surface area contributed by atoms with Crippen LogP contribution in [0, 0.1) is 19.3 Å². The number of hydrogen-bond donors (Lipinski definition) is 1. The molecule has 2 N–H and O–H groups in total. The van der Waals surface area contributed by atoms with E-state index in [0.29, 0.717) is 0 Å². The normalized spacial score (nSPS) is 12.1. The Morgan fingerprint density at radius 3 is 3.08 bits per heavy atom. The summed E-state index contributed by atoms with van der Waals surface area (Å²) in [6, 6.07) is 3.98. The van der Waals surface area contributed by atoms with E-state index in [-0.39, 0.29) is 6.04 Å².